The van der Waals surface area contributed by atoms with Crippen molar-refractivity contribution in [1.29, 1.82) is 0 Å². The number of hydrogen-bond donors (Lipinski definition) is 0. The Hall–Kier alpha value is -1.59. The molecule has 0 N–H and O–H groups in total. The number of likely N-dealkylation sites (tertiary alicyclic amines) is 2. The second kappa shape index (κ2) is 7.92. The molecule has 5 heteroatoms. The summed E-state index contributed by atoms with van der Waals surface area (Å²) in [5, 5.41) is 0. The van der Waals surface area contributed by atoms with E-state index in [0.29, 0.717) is 30.1 Å². The third-order valence-electron chi connectivity index (χ3n) is 7.97. The third kappa shape index (κ3) is 3.46. The number of carbonyl (C=O) groups is 1. The number of nitrogens with zero attached hydrogens (tertiary/aromatic N) is 2. The van der Waals surface area contributed by atoms with Crippen LogP contribution in [0.4, 0.5) is 4.79 Å². The molecule has 3 fully saturated rings. The van der Waals surface area contributed by atoms with E-state index in [0.717, 1.165) is 32.5 Å². The lowest BCUT2D eigenvalue weighted by atomic mass is 9.60. The molecule has 1 aromatic rings. The first-order chi connectivity index (χ1) is 14.2. The minimum absolute atomic E-state index is 0.143. The average molecular weight is 399 g/mol. The number of ether oxygens (including phenoxy) is 2. The molecule has 0 bridgehead atoms. The van der Waals surface area contributed by atoms with Crippen molar-refractivity contribution in [1.82, 2.24) is 9.80 Å². The molecule has 1 aromatic carbocycles. The van der Waals surface area contributed by atoms with Crippen LogP contribution in [0.3, 0.4) is 0 Å². The highest BCUT2D eigenvalue weighted by Gasteiger charge is 2.48. The maximum Gasteiger partial charge on any atom is 0.409 e. The van der Waals surface area contributed by atoms with Crippen molar-refractivity contribution in [3.8, 4) is 0 Å². The molecule has 2 atom stereocenters. The average Bonchev–Trinajstić information content (AvgIpc) is 3.23. The van der Waals surface area contributed by atoms with Gasteiger partial charge in [0.25, 0.3) is 0 Å². The van der Waals surface area contributed by atoms with Crippen LogP contribution in [0.15, 0.2) is 24.3 Å². The predicted molar refractivity (Wildman–Crippen MR) is 112 cm³/mol. The summed E-state index contributed by atoms with van der Waals surface area (Å²) < 4.78 is 11.3. The summed E-state index contributed by atoms with van der Waals surface area (Å²) in [6.07, 6.45) is 7.36. The molecule has 158 valence electrons. The number of hydrogen-bond acceptors (Lipinski definition) is 4. The van der Waals surface area contributed by atoms with E-state index in [1.165, 1.54) is 44.3 Å². The van der Waals surface area contributed by atoms with Crippen LogP contribution >= 0.6 is 0 Å². The normalized spacial score (nSPS) is 29.5. The molecule has 3 heterocycles. The van der Waals surface area contributed by atoms with Crippen LogP contribution in [0.1, 0.15) is 62.7 Å². The Morgan fingerprint density at radius 2 is 1.90 bits per heavy atom. The molecule has 0 radical (unpaired) electrons. The first-order valence-electron chi connectivity index (χ1n) is 11.6. The van der Waals surface area contributed by atoms with Gasteiger partial charge in [0.15, 0.2) is 0 Å². The summed E-state index contributed by atoms with van der Waals surface area (Å²) >= 11 is 0. The van der Waals surface area contributed by atoms with Crippen molar-refractivity contribution in [2.75, 3.05) is 39.4 Å². The molecule has 1 aliphatic carbocycles. The largest absolute Gasteiger partial charge is 0.450 e. The predicted octanol–water partition coefficient (Wildman–Crippen LogP) is 4.12. The number of amides is 1. The molecule has 1 amide bonds. The maximum atomic E-state index is 12.0. The summed E-state index contributed by atoms with van der Waals surface area (Å²) in [6, 6.07) is 9.70. The fourth-order valence-electron chi connectivity index (χ4n) is 6.45. The van der Waals surface area contributed by atoms with E-state index in [9.17, 15) is 4.79 Å². The number of fused-ring (bicyclic) bond motifs is 4. The fourth-order valence-corrected chi connectivity index (χ4v) is 6.45. The zero-order valence-corrected chi connectivity index (χ0v) is 17.6. The van der Waals surface area contributed by atoms with Crippen molar-refractivity contribution in [2.45, 2.75) is 63.0 Å². The Kier molecular flexibility index (Phi) is 5.29. The highest BCUT2D eigenvalue weighted by molar-refractivity contribution is 5.67. The smallest absolute Gasteiger partial charge is 0.409 e. The van der Waals surface area contributed by atoms with Gasteiger partial charge < -0.3 is 19.3 Å². The van der Waals surface area contributed by atoms with E-state index in [2.05, 4.69) is 29.2 Å². The lowest BCUT2D eigenvalue weighted by Crippen LogP contribution is -2.52. The summed E-state index contributed by atoms with van der Waals surface area (Å²) in [4.78, 5) is 16.6. The zero-order chi connectivity index (χ0) is 19.8. The Morgan fingerprint density at radius 3 is 2.66 bits per heavy atom. The Morgan fingerprint density at radius 1 is 1.14 bits per heavy atom. The molecule has 3 saturated heterocycles. The Bertz CT molecular complexity index is 735. The van der Waals surface area contributed by atoms with Gasteiger partial charge in [0.05, 0.1) is 12.7 Å². The van der Waals surface area contributed by atoms with Crippen LogP contribution in [0.25, 0.3) is 0 Å². The highest BCUT2D eigenvalue weighted by atomic mass is 16.6. The van der Waals surface area contributed by atoms with Crippen molar-refractivity contribution < 1.29 is 14.3 Å². The summed E-state index contributed by atoms with van der Waals surface area (Å²) in [6.45, 7) is 7.27. The Labute approximate surface area is 174 Å². The van der Waals surface area contributed by atoms with Crippen LogP contribution in [0.2, 0.25) is 0 Å². The molecule has 0 aromatic heterocycles. The van der Waals surface area contributed by atoms with Crippen molar-refractivity contribution >= 4 is 6.09 Å². The first kappa shape index (κ1) is 19.4. The van der Waals surface area contributed by atoms with Crippen LogP contribution in [-0.4, -0.2) is 61.3 Å². The highest BCUT2D eigenvalue weighted by Crippen LogP contribution is 2.54. The topological polar surface area (TPSA) is 42.0 Å². The number of piperidine rings is 2. The molecule has 1 spiro atoms. The minimum atomic E-state index is -0.143. The van der Waals surface area contributed by atoms with Gasteiger partial charge in [0.2, 0.25) is 0 Å². The van der Waals surface area contributed by atoms with E-state index >= 15 is 0 Å². The van der Waals surface area contributed by atoms with E-state index in [1.807, 2.05) is 11.8 Å². The van der Waals surface area contributed by atoms with Crippen LogP contribution in [0, 0.1) is 5.92 Å². The standard InChI is InChI=1S/C24H34N2O3/c1-2-28-23(27)26-12-7-19(8-13-26)25-14-10-24(11-15-25)17-18-9-16-29-22(18)20-5-3-4-6-21(20)24/h3-6,18-19,22H,2,7-17H2,1H3. The second-order valence-electron chi connectivity index (χ2n) is 9.36. The molecular weight excluding hydrogens is 364 g/mol. The van der Waals surface area contributed by atoms with E-state index in [1.54, 1.807) is 5.56 Å². The number of benzene rings is 1. The van der Waals surface area contributed by atoms with Crippen LogP contribution in [-0.2, 0) is 14.9 Å². The van der Waals surface area contributed by atoms with Gasteiger partial charge in [0, 0.05) is 25.7 Å². The van der Waals surface area contributed by atoms with Gasteiger partial charge in [0.1, 0.15) is 0 Å². The summed E-state index contributed by atoms with van der Waals surface area (Å²) in [7, 11) is 0. The number of rotatable bonds is 2. The van der Waals surface area contributed by atoms with E-state index < -0.39 is 0 Å². The molecule has 3 aliphatic heterocycles. The van der Waals surface area contributed by atoms with Gasteiger partial charge in [-0.1, -0.05) is 24.3 Å². The van der Waals surface area contributed by atoms with Crippen molar-refractivity contribution in [2.24, 2.45) is 5.92 Å². The van der Waals surface area contributed by atoms with Crippen molar-refractivity contribution in [3.05, 3.63) is 35.4 Å². The molecule has 2 unspecified atom stereocenters. The minimum Gasteiger partial charge on any atom is -0.450 e. The van der Waals surface area contributed by atoms with Gasteiger partial charge in [-0.25, -0.2) is 4.79 Å². The molecule has 0 saturated carbocycles. The Balaban J connectivity index is 1.24. The first-order valence-corrected chi connectivity index (χ1v) is 11.6. The lowest BCUT2D eigenvalue weighted by Gasteiger charge is -2.50. The summed E-state index contributed by atoms with van der Waals surface area (Å²) in [5.74, 6) is 0.698. The van der Waals surface area contributed by atoms with E-state index in [4.69, 9.17) is 9.47 Å². The van der Waals surface area contributed by atoms with E-state index in [-0.39, 0.29) is 6.09 Å². The maximum absolute atomic E-state index is 12.0. The van der Waals surface area contributed by atoms with Crippen molar-refractivity contribution in [3.63, 3.8) is 0 Å². The second-order valence-corrected chi connectivity index (χ2v) is 9.36. The monoisotopic (exact) mass is 398 g/mol. The van der Waals surface area contributed by atoms with Gasteiger partial charge in [-0.05, 0) is 81.0 Å². The SMILES string of the molecule is CCOC(=O)N1CCC(N2CCC3(CC2)CC2CCOC2c2ccccc23)CC1. The number of carbonyl (C=O) groups excluding carboxylic acids is 1. The van der Waals surface area contributed by atoms with Crippen LogP contribution in [0.5, 0.6) is 0 Å². The molecule has 5 rings (SSSR count). The quantitative estimate of drug-likeness (QED) is 0.751. The molecule has 29 heavy (non-hydrogen) atoms. The van der Waals surface area contributed by atoms with Crippen LogP contribution < -0.4 is 0 Å². The van der Waals surface area contributed by atoms with Gasteiger partial charge in [-0.15, -0.1) is 0 Å². The zero-order valence-electron chi connectivity index (χ0n) is 17.6. The van der Waals surface area contributed by atoms with Gasteiger partial charge in [-0.3, -0.25) is 0 Å². The third-order valence-corrected chi connectivity index (χ3v) is 7.97. The fraction of sp³-hybridized carbons (Fsp3) is 0.708. The van der Waals surface area contributed by atoms with Gasteiger partial charge >= 0.3 is 6.09 Å². The van der Waals surface area contributed by atoms with Gasteiger partial charge in [-0.2, -0.15) is 0 Å². The molecular formula is C24H34N2O3. The molecule has 5 nitrogen and oxygen atoms in total. The molecule has 4 aliphatic rings. The summed E-state index contributed by atoms with van der Waals surface area (Å²) in [5.41, 5.74) is 3.38. The lowest BCUT2D eigenvalue weighted by molar-refractivity contribution is 0.0321.